The van der Waals surface area contributed by atoms with Crippen molar-refractivity contribution in [3.63, 3.8) is 0 Å². The third-order valence-electron chi connectivity index (χ3n) is 21.3. The van der Waals surface area contributed by atoms with Gasteiger partial charge in [0.25, 0.3) is 6.71 Å². The zero-order valence-electron chi connectivity index (χ0n) is 66.4. The van der Waals surface area contributed by atoms with Crippen molar-refractivity contribution in [2.45, 2.75) is 78.6 Å². The van der Waals surface area contributed by atoms with Crippen LogP contribution in [0.25, 0.3) is 127 Å². The van der Waals surface area contributed by atoms with E-state index in [1.165, 1.54) is 0 Å². The summed E-state index contributed by atoms with van der Waals surface area (Å²) >= 11 is 0. The number of rotatable bonds is 8. The molecule has 0 radical (unpaired) electrons. The molecule has 17 aromatic rings. The molecule has 0 aliphatic carbocycles. The van der Waals surface area contributed by atoms with Gasteiger partial charge in [0.2, 0.25) is 0 Å². The minimum absolute atomic E-state index is 0.000285. The third-order valence-corrected chi connectivity index (χ3v) is 21.3. The predicted molar refractivity (Wildman–Crippen MR) is 433 cm³/mol. The minimum atomic E-state index is -0.535. The van der Waals surface area contributed by atoms with Crippen LogP contribution in [0.1, 0.15) is 90.0 Å². The summed E-state index contributed by atoms with van der Waals surface area (Å²) in [5.41, 5.74) is 23.7. The number of benzene rings is 14. The van der Waals surface area contributed by atoms with E-state index in [1.54, 1.807) is 4.57 Å². The molecule has 2 aliphatic heterocycles. The summed E-state index contributed by atoms with van der Waals surface area (Å²) in [5, 5.41) is 3.96. The van der Waals surface area contributed by atoms with Crippen molar-refractivity contribution < 1.29 is 19.8 Å². The molecule has 0 saturated carbocycles. The van der Waals surface area contributed by atoms with Crippen LogP contribution < -0.4 is 26.2 Å². The van der Waals surface area contributed by atoms with Gasteiger partial charge in [-0.05, 0) is 162 Å². The second-order valence-corrected chi connectivity index (χ2v) is 30.6. The largest absolute Gasteiger partial charge is 0.456 e. The van der Waals surface area contributed by atoms with E-state index in [0.29, 0.717) is 5.69 Å². The van der Waals surface area contributed by atoms with Crippen LogP contribution in [0.15, 0.2) is 306 Å². The van der Waals surface area contributed by atoms with Crippen LogP contribution in [0.5, 0.6) is 0 Å². The average molecular weight is 1320 g/mol. The Morgan fingerprint density at radius 1 is 0.324 bits per heavy atom. The van der Waals surface area contributed by atoms with Gasteiger partial charge in [-0.2, -0.15) is 0 Å². The van der Waals surface area contributed by atoms with Gasteiger partial charge in [-0.25, -0.2) is 0 Å². The van der Waals surface area contributed by atoms with Crippen molar-refractivity contribution in [3.05, 3.63) is 314 Å². The molecule has 0 saturated heterocycles. The molecule has 0 amide bonds. The quantitative estimate of drug-likeness (QED) is 0.142. The molecule has 0 N–H and O–H groups in total. The molecule has 102 heavy (non-hydrogen) atoms. The van der Waals surface area contributed by atoms with Crippen LogP contribution in [0.2, 0.25) is 0 Å². The highest BCUT2D eigenvalue weighted by molar-refractivity contribution is 7.00. The molecule has 0 bridgehead atoms. The number of fused-ring (bicyclic) bond motifs is 13. The molecule has 0 atom stereocenters. The molecular formula is C96H76BN3O2. The molecule has 490 valence electrons. The van der Waals surface area contributed by atoms with Gasteiger partial charge >= 0.3 is 0 Å². The van der Waals surface area contributed by atoms with Crippen LogP contribution >= 0.6 is 0 Å². The van der Waals surface area contributed by atoms with E-state index in [0.717, 1.165) is 167 Å². The van der Waals surface area contributed by atoms with Crippen molar-refractivity contribution in [1.29, 1.82) is 0 Å². The Labute approximate surface area is 607 Å². The second kappa shape index (κ2) is 22.8. The first kappa shape index (κ1) is 53.1. The number of aromatic nitrogens is 1. The highest BCUT2D eigenvalue weighted by atomic mass is 16.3. The standard InChI is InChI=1S/C96H76BN3O2/c1-94(2,3)63-52-74(60-31-15-11-16-32-60)91(76(54-63)70-39-28-46-88-89(70)73-38-22-26-45-87(73)101-88)100-83-58-66(98-80-42-23-19-35-67(80)68-36-20-24-43-81(68)98)48-49-78(83)97-79-51-62(59-29-13-10-14-30-59)47-50-82(79)99(84-56-65(96(7,8)9)57-85(100)90(84)97)92-75(61-33-17-12-18-34-61)53-64(95(4,5)6)55-77(92)72-41-27-40-71-69-37-21-25-44-86(69)102-93(71)72/h10-58H,1-9H3/i19D,20D,23D,24D,35D,36D,42D,43D. The lowest BCUT2D eigenvalue weighted by Crippen LogP contribution is -2.61. The maximum absolute atomic E-state index is 9.91. The van der Waals surface area contributed by atoms with Crippen LogP contribution in [0, 0.1) is 0 Å². The number of para-hydroxylation sites is 5. The number of anilines is 6. The van der Waals surface area contributed by atoms with Crippen LogP contribution in [-0.2, 0) is 16.2 Å². The molecule has 5 nitrogen and oxygen atoms in total. The molecule has 0 fully saturated rings. The molecule has 14 aromatic carbocycles. The Hall–Kier alpha value is -11.9. The molecule has 6 heteroatoms. The number of nitrogens with zero attached hydrogens (tertiary/aromatic N) is 3. The van der Waals surface area contributed by atoms with Crippen molar-refractivity contribution in [2.24, 2.45) is 0 Å². The molecule has 0 unspecified atom stereocenters. The Morgan fingerprint density at radius 2 is 0.804 bits per heavy atom. The molecule has 3 aromatic heterocycles. The normalized spacial score (nSPS) is 14.2. The average Bonchev–Trinajstić information content (AvgIpc) is 0.749. The van der Waals surface area contributed by atoms with Crippen LogP contribution in [0.4, 0.5) is 34.1 Å². The first-order valence-electron chi connectivity index (χ1n) is 39.3. The summed E-state index contributed by atoms with van der Waals surface area (Å²) in [6.07, 6.45) is 0. The fourth-order valence-electron chi connectivity index (χ4n) is 16.2. The van der Waals surface area contributed by atoms with Gasteiger partial charge in [0.15, 0.2) is 0 Å². The second-order valence-electron chi connectivity index (χ2n) is 30.6. The molecule has 19 rings (SSSR count). The van der Waals surface area contributed by atoms with Gasteiger partial charge in [0, 0.05) is 88.6 Å². The van der Waals surface area contributed by atoms with E-state index in [4.69, 9.17) is 11.6 Å². The highest BCUT2D eigenvalue weighted by Gasteiger charge is 2.47. The lowest BCUT2D eigenvalue weighted by atomic mass is 9.33. The summed E-state index contributed by atoms with van der Waals surface area (Å²) in [6, 6.07) is 85.4. The fourth-order valence-corrected chi connectivity index (χ4v) is 16.2. The molecular weight excluding hydrogens is 1240 g/mol. The van der Waals surface area contributed by atoms with E-state index >= 15 is 0 Å². The molecule has 0 spiro atoms. The first-order valence-corrected chi connectivity index (χ1v) is 35.3. The lowest BCUT2D eigenvalue weighted by Gasteiger charge is -2.47. The molecule has 5 heterocycles. The summed E-state index contributed by atoms with van der Waals surface area (Å²) < 4.78 is 91.7. The Balaban J connectivity index is 1.03. The summed E-state index contributed by atoms with van der Waals surface area (Å²) in [5.74, 6) is 0. The van der Waals surface area contributed by atoms with Gasteiger partial charge in [-0.15, -0.1) is 0 Å². The van der Waals surface area contributed by atoms with Gasteiger partial charge in [0.05, 0.1) is 33.4 Å². The van der Waals surface area contributed by atoms with Gasteiger partial charge in [-0.3, -0.25) is 0 Å². The highest BCUT2D eigenvalue weighted by Crippen LogP contribution is 2.57. The van der Waals surface area contributed by atoms with E-state index in [2.05, 4.69) is 284 Å². The topological polar surface area (TPSA) is 37.7 Å². The zero-order valence-corrected chi connectivity index (χ0v) is 58.4. The van der Waals surface area contributed by atoms with Crippen molar-refractivity contribution in [1.82, 2.24) is 4.57 Å². The SMILES string of the molecule is [2H]c1c([2H])c([2H])c2c(c1[2H])c1c([2H])c([2H])c([2H])c([2H])c1n2-c1ccc2c(c1)N(c1c(-c3ccccc3)cc(C(C)(C)C)cc1-c1cccc3oc4ccccc4c13)c1cc(C(C)(C)C)cc3c1B2c1cc(-c2ccccc2)ccc1N3c1c(-c2ccccc2)cc(C(C)(C)C)cc1-c1cccc2c1oc1ccccc12. The maximum Gasteiger partial charge on any atom is 0.252 e. The third kappa shape index (κ3) is 9.59. The van der Waals surface area contributed by atoms with E-state index in [9.17, 15) is 8.22 Å². The predicted octanol–water partition coefficient (Wildman–Crippen LogP) is 24.9. The van der Waals surface area contributed by atoms with Crippen molar-refractivity contribution >= 4 is 123 Å². The molecule has 2 aliphatic rings. The van der Waals surface area contributed by atoms with Gasteiger partial charge in [-0.1, -0.05) is 274 Å². The lowest BCUT2D eigenvalue weighted by molar-refractivity contribution is 0.590. The number of hydrogen-bond donors (Lipinski definition) is 0. The van der Waals surface area contributed by atoms with E-state index < -0.39 is 53.8 Å². The number of furan rings is 2. The fraction of sp³-hybridized carbons (Fsp3) is 0.125. The summed E-state index contributed by atoms with van der Waals surface area (Å²) in [7, 11) is 0. The minimum Gasteiger partial charge on any atom is -0.456 e. The Morgan fingerprint density at radius 3 is 1.41 bits per heavy atom. The number of hydrogen-bond acceptors (Lipinski definition) is 4. The first-order chi connectivity index (χ1) is 52.8. The van der Waals surface area contributed by atoms with Gasteiger partial charge < -0.3 is 23.2 Å². The van der Waals surface area contributed by atoms with E-state index in [1.807, 2.05) is 36.4 Å². The monoisotopic (exact) mass is 1320 g/mol. The summed E-state index contributed by atoms with van der Waals surface area (Å²) in [6.45, 7) is 19.9. The maximum atomic E-state index is 9.91. The Bertz CT molecular complexity index is 6700. The van der Waals surface area contributed by atoms with Crippen molar-refractivity contribution in [3.8, 4) is 61.3 Å². The van der Waals surface area contributed by atoms with Gasteiger partial charge in [0.1, 0.15) is 22.3 Å². The smallest absolute Gasteiger partial charge is 0.252 e. The zero-order chi connectivity index (χ0) is 76.0. The Kier molecular flexibility index (Phi) is 11.9. The van der Waals surface area contributed by atoms with E-state index in [-0.39, 0.29) is 39.3 Å². The van der Waals surface area contributed by atoms with Crippen molar-refractivity contribution in [2.75, 3.05) is 9.80 Å². The van der Waals surface area contributed by atoms with Crippen LogP contribution in [0.3, 0.4) is 0 Å². The van der Waals surface area contributed by atoms with Crippen LogP contribution in [-0.4, -0.2) is 11.3 Å². The summed E-state index contributed by atoms with van der Waals surface area (Å²) in [4.78, 5) is 5.03.